The summed E-state index contributed by atoms with van der Waals surface area (Å²) in [6, 6.07) is 32.2. The fraction of sp³-hybridized carbons (Fsp3) is 0. The molecule has 0 aliphatic rings. The Labute approximate surface area is 222 Å². The summed E-state index contributed by atoms with van der Waals surface area (Å²) in [5.74, 6) is -0.365. The van der Waals surface area contributed by atoms with E-state index in [-0.39, 0.29) is 11.3 Å². The number of nitrogens with zero attached hydrogens (tertiary/aromatic N) is 3. The van der Waals surface area contributed by atoms with E-state index in [4.69, 9.17) is 9.72 Å². The second-order valence-electron chi connectivity index (χ2n) is 8.06. The van der Waals surface area contributed by atoms with Gasteiger partial charge in [0.1, 0.15) is 5.75 Å². The largest absolute Gasteiger partial charge is 0.423 e. The van der Waals surface area contributed by atoms with Gasteiger partial charge in [-0.05, 0) is 41.5 Å². The quantitative estimate of drug-likeness (QED) is 0.0772. The van der Waals surface area contributed by atoms with Crippen molar-refractivity contribution in [1.82, 2.24) is 4.98 Å². The van der Waals surface area contributed by atoms with Crippen LogP contribution in [-0.4, -0.2) is 22.1 Å². The van der Waals surface area contributed by atoms with Crippen molar-refractivity contribution in [3.63, 3.8) is 0 Å². The number of hydrogen-bond donors (Lipinski definition) is 1. The van der Waals surface area contributed by atoms with Gasteiger partial charge in [0.2, 0.25) is 5.13 Å². The van der Waals surface area contributed by atoms with E-state index in [1.807, 2.05) is 48.5 Å². The third-order valence-electron chi connectivity index (χ3n) is 5.47. The van der Waals surface area contributed by atoms with Crippen LogP contribution in [0.1, 0.15) is 15.9 Å². The third kappa shape index (κ3) is 5.80. The van der Waals surface area contributed by atoms with Crippen molar-refractivity contribution < 1.29 is 14.5 Å². The van der Waals surface area contributed by atoms with Gasteiger partial charge < -0.3 is 4.74 Å². The molecule has 0 atom stereocenters. The molecule has 9 heteroatoms. The monoisotopic (exact) mass is 520 g/mol. The molecule has 186 valence electrons. The molecule has 1 N–H and O–H groups in total. The van der Waals surface area contributed by atoms with Gasteiger partial charge in [-0.15, -0.1) is 0 Å². The molecular weight excluding hydrogens is 500 g/mol. The maximum atomic E-state index is 12.4. The molecular formula is C29H20N4O4S. The van der Waals surface area contributed by atoms with E-state index < -0.39 is 10.9 Å². The van der Waals surface area contributed by atoms with E-state index in [0.717, 1.165) is 27.3 Å². The summed E-state index contributed by atoms with van der Waals surface area (Å²) in [6.07, 6.45) is 1.64. The number of anilines is 1. The number of carbonyl (C=O) groups excluding carboxylic acids is 1. The van der Waals surface area contributed by atoms with E-state index in [1.165, 1.54) is 35.6 Å². The molecule has 5 rings (SSSR count). The van der Waals surface area contributed by atoms with E-state index in [1.54, 1.807) is 30.5 Å². The Hall–Kier alpha value is -5.15. The number of hydrogen-bond acceptors (Lipinski definition) is 8. The lowest BCUT2D eigenvalue weighted by atomic mass is 10.1. The van der Waals surface area contributed by atoms with Crippen molar-refractivity contribution >= 4 is 34.3 Å². The van der Waals surface area contributed by atoms with E-state index >= 15 is 0 Å². The lowest BCUT2D eigenvalue weighted by Gasteiger charge is -2.04. The number of hydrazone groups is 1. The SMILES string of the molecule is O=C(Oc1ccc(/C=N/Nc2nc(-c3ccccc3)c(-c3ccccc3)s2)cc1)c1cccc([N+](=O)[O-])c1. The number of aromatic nitrogens is 1. The molecule has 0 spiro atoms. The molecule has 0 saturated heterocycles. The number of nitrogens with one attached hydrogen (secondary N) is 1. The zero-order valence-electron chi connectivity index (χ0n) is 19.9. The zero-order valence-corrected chi connectivity index (χ0v) is 20.7. The van der Waals surface area contributed by atoms with Crippen molar-refractivity contribution in [3.8, 4) is 27.4 Å². The summed E-state index contributed by atoms with van der Waals surface area (Å²) in [5, 5.41) is 15.9. The van der Waals surface area contributed by atoms with Crippen LogP contribution in [-0.2, 0) is 0 Å². The minimum atomic E-state index is -0.677. The Morgan fingerprint density at radius 1 is 0.895 bits per heavy atom. The predicted molar refractivity (Wildman–Crippen MR) is 149 cm³/mol. The highest BCUT2D eigenvalue weighted by molar-refractivity contribution is 7.19. The van der Waals surface area contributed by atoms with Crippen LogP contribution in [0, 0.1) is 10.1 Å². The summed E-state index contributed by atoms with van der Waals surface area (Å²) < 4.78 is 5.33. The number of benzene rings is 4. The fourth-order valence-corrected chi connectivity index (χ4v) is 4.58. The van der Waals surface area contributed by atoms with Crippen LogP contribution < -0.4 is 10.2 Å². The third-order valence-corrected chi connectivity index (χ3v) is 6.48. The van der Waals surface area contributed by atoms with Crippen molar-refractivity contribution in [2.24, 2.45) is 5.10 Å². The Balaban J connectivity index is 1.27. The van der Waals surface area contributed by atoms with Crippen LogP contribution in [0.25, 0.3) is 21.7 Å². The van der Waals surface area contributed by atoms with Gasteiger partial charge in [-0.25, -0.2) is 9.78 Å². The maximum Gasteiger partial charge on any atom is 0.343 e. The van der Waals surface area contributed by atoms with Crippen molar-refractivity contribution in [2.45, 2.75) is 0 Å². The molecule has 0 unspecified atom stereocenters. The first-order valence-electron chi connectivity index (χ1n) is 11.5. The average Bonchev–Trinajstić information content (AvgIpc) is 3.39. The highest BCUT2D eigenvalue weighted by atomic mass is 32.1. The molecule has 1 heterocycles. The molecule has 4 aromatic carbocycles. The second kappa shape index (κ2) is 11.3. The van der Waals surface area contributed by atoms with Crippen LogP contribution in [0.15, 0.2) is 114 Å². The molecule has 8 nitrogen and oxygen atoms in total. The summed E-state index contributed by atoms with van der Waals surface area (Å²) in [4.78, 5) is 28.5. The van der Waals surface area contributed by atoms with Gasteiger partial charge in [0.25, 0.3) is 5.69 Å². The standard InChI is InChI=1S/C29H20N4O4S/c34-28(23-12-7-13-24(18-23)33(35)36)37-25-16-14-20(15-17-25)19-30-32-29-31-26(21-8-3-1-4-9-21)27(38-29)22-10-5-2-6-11-22/h1-19H,(H,31,32)/b30-19+. The minimum Gasteiger partial charge on any atom is -0.423 e. The average molecular weight is 521 g/mol. The maximum absolute atomic E-state index is 12.4. The van der Waals surface area contributed by atoms with Gasteiger partial charge >= 0.3 is 5.97 Å². The predicted octanol–water partition coefficient (Wildman–Crippen LogP) is 7.05. The lowest BCUT2D eigenvalue weighted by Crippen LogP contribution is -2.08. The summed E-state index contributed by atoms with van der Waals surface area (Å²) >= 11 is 1.52. The van der Waals surface area contributed by atoms with Crippen LogP contribution in [0.5, 0.6) is 5.75 Å². The lowest BCUT2D eigenvalue weighted by molar-refractivity contribution is -0.384. The molecule has 1 aromatic heterocycles. The first-order valence-corrected chi connectivity index (χ1v) is 12.4. The van der Waals surface area contributed by atoms with Crippen LogP contribution in [0.3, 0.4) is 0 Å². The number of non-ortho nitro benzene ring substituents is 1. The van der Waals surface area contributed by atoms with Gasteiger partial charge in [0, 0.05) is 17.7 Å². The Morgan fingerprint density at radius 3 is 2.26 bits per heavy atom. The molecule has 0 saturated carbocycles. The number of rotatable bonds is 8. The molecule has 0 bridgehead atoms. The van der Waals surface area contributed by atoms with Gasteiger partial charge in [-0.1, -0.05) is 78.1 Å². The molecule has 0 radical (unpaired) electrons. The van der Waals surface area contributed by atoms with Gasteiger partial charge in [-0.2, -0.15) is 5.10 Å². The summed E-state index contributed by atoms with van der Waals surface area (Å²) in [5.41, 5.74) is 6.70. The van der Waals surface area contributed by atoms with Crippen molar-refractivity contribution in [2.75, 3.05) is 5.43 Å². The molecule has 38 heavy (non-hydrogen) atoms. The molecule has 0 aliphatic heterocycles. The van der Waals surface area contributed by atoms with E-state index in [2.05, 4.69) is 22.7 Å². The fourth-order valence-electron chi connectivity index (χ4n) is 3.64. The molecule has 5 aromatic rings. The highest BCUT2D eigenvalue weighted by Crippen LogP contribution is 2.38. The molecule has 0 fully saturated rings. The van der Waals surface area contributed by atoms with Crippen LogP contribution in [0.4, 0.5) is 10.8 Å². The Bertz CT molecular complexity index is 1540. The number of nitro benzene ring substituents is 1. The Kier molecular flexibility index (Phi) is 7.28. The van der Waals surface area contributed by atoms with Gasteiger partial charge in [0.05, 0.1) is 27.3 Å². The zero-order chi connectivity index (χ0) is 26.3. The smallest absolute Gasteiger partial charge is 0.343 e. The summed E-state index contributed by atoms with van der Waals surface area (Å²) in [6.45, 7) is 0. The Morgan fingerprint density at radius 2 is 1.58 bits per heavy atom. The van der Waals surface area contributed by atoms with Gasteiger partial charge in [0.15, 0.2) is 0 Å². The number of esters is 1. The topological polar surface area (TPSA) is 107 Å². The number of nitro groups is 1. The summed E-state index contributed by atoms with van der Waals surface area (Å²) in [7, 11) is 0. The second-order valence-corrected chi connectivity index (χ2v) is 9.06. The first kappa shape index (κ1) is 24.5. The number of ether oxygens (including phenoxy) is 1. The molecule has 0 amide bonds. The molecule has 0 aliphatic carbocycles. The van der Waals surface area contributed by atoms with Crippen LogP contribution in [0.2, 0.25) is 0 Å². The van der Waals surface area contributed by atoms with Gasteiger partial charge in [-0.3, -0.25) is 15.5 Å². The number of thiazole rings is 1. The van der Waals surface area contributed by atoms with Crippen molar-refractivity contribution in [1.29, 1.82) is 0 Å². The number of carbonyl (C=O) groups is 1. The highest BCUT2D eigenvalue weighted by Gasteiger charge is 2.15. The van der Waals surface area contributed by atoms with E-state index in [9.17, 15) is 14.9 Å². The van der Waals surface area contributed by atoms with Crippen LogP contribution >= 0.6 is 11.3 Å². The normalized spacial score (nSPS) is 10.8. The van der Waals surface area contributed by atoms with E-state index in [0.29, 0.717) is 10.9 Å². The minimum absolute atomic E-state index is 0.0993. The van der Waals surface area contributed by atoms with Crippen molar-refractivity contribution in [3.05, 3.63) is 130 Å². The first-order chi connectivity index (χ1) is 18.6.